The smallest absolute Gasteiger partial charge is 0.320 e. The van der Waals surface area contributed by atoms with Gasteiger partial charge in [0, 0.05) is 11.3 Å². The fraction of sp³-hybridized carbons (Fsp3) is 0.130. The zero-order chi connectivity index (χ0) is 21.1. The molecule has 1 unspecified atom stereocenters. The Kier molecular flexibility index (Phi) is 5.43. The Morgan fingerprint density at radius 2 is 1.63 bits per heavy atom. The molecule has 4 rings (SSSR count). The van der Waals surface area contributed by atoms with E-state index in [1.165, 1.54) is 0 Å². The third-order valence-electron chi connectivity index (χ3n) is 4.63. The SMILES string of the molecule is CC(Oc1ccccc1)C(=O)Nc1ccc(-c2nc3ccccc3n2C(F)F)cc1. The number of carbonyl (C=O) groups is 1. The number of amides is 1. The minimum absolute atomic E-state index is 0.171. The number of imidazole rings is 1. The summed E-state index contributed by atoms with van der Waals surface area (Å²) in [6.07, 6.45) is -0.699. The lowest BCUT2D eigenvalue weighted by Crippen LogP contribution is -2.30. The fourth-order valence-electron chi connectivity index (χ4n) is 3.15. The van der Waals surface area contributed by atoms with Crippen LogP contribution in [-0.4, -0.2) is 21.6 Å². The molecule has 4 aromatic rings. The quantitative estimate of drug-likeness (QED) is 0.459. The van der Waals surface area contributed by atoms with Gasteiger partial charge in [0.25, 0.3) is 5.91 Å². The molecule has 0 saturated heterocycles. The zero-order valence-electron chi connectivity index (χ0n) is 16.1. The number of rotatable bonds is 6. The number of alkyl halides is 2. The number of hydrogen-bond acceptors (Lipinski definition) is 3. The molecule has 1 aromatic heterocycles. The third-order valence-corrected chi connectivity index (χ3v) is 4.63. The molecule has 3 aromatic carbocycles. The molecule has 5 nitrogen and oxygen atoms in total. The second-order valence-electron chi connectivity index (χ2n) is 6.71. The van der Waals surface area contributed by atoms with Crippen LogP contribution in [0.3, 0.4) is 0 Å². The number of hydrogen-bond donors (Lipinski definition) is 1. The molecule has 1 heterocycles. The molecule has 1 amide bonds. The predicted molar refractivity (Wildman–Crippen MR) is 112 cm³/mol. The van der Waals surface area contributed by atoms with Crippen molar-refractivity contribution in [2.24, 2.45) is 0 Å². The van der Waals surface area contributed by atoms with E-state index in [-0.39, 0.29) is 11.7 Å². The molecule has 1 N–H and O–H groups in total. The minimum Gasteiger partial charge on any atom is -0.481 e. The van der Waals surface area contributed by atoms with Gasteiger partial charge in [-0.25, -0.2) is 4.98 Å². The van der Waals surface area contributed by atoms with Gasteiger partial charge in [-0.05, 0) is 55.5 Å². The molecule has 0 bridgehead atoms. The van der Waals surface area contributed by atoms with Crippen molar-refractivity contribution >= 4 is 22.6 Å². The number of carbonyl (C=O) groups excluding carboxylic acids is 1. The largest absolute Gasteiger partial charge is 0.481 e. The average molecular weight is 407 g/mol. The van der Waals surface area contributed by atoms with E-state index in [2.05, 4.69) is 10.3 Å². The highest BCUT2D eigenvalue weighted by Crippen LogP contribution is 2.30. The number of ether oxygens (including phenoxy) is 1. The number of para-hydroxylation sites is 3. The van der Waals surface area contributed by atoms with Crippen molar-refractivity contribution in [2.75, 3.05) is 5.32 Å². The van der Waals surface area contributed by atoms with E-state index in [0.29, 0.717) is 28.0 Å². The second kappa shape index (κ2) is 8.32. The summed E-state index contributed by atoms with van der Waals surface area (Å²) < 4.78 is 33.8. The summed E-state index contributed by atoms with van der Waals surface area (Å²) in [4.78, 5) is 16.7. The van der Waals surface area contributed by atoms with E-state index >= 15 is 0 Å². The summed E-state index contributed by atoms with van der Waals surface area (Å²) in [7, 11) is 0. The summed E-state index contributed by atoms with van der Waals surface area (Å²) in [5.41, 5.74) is 1.92. The van der Waals surface area contributed by atoms with Gasteiger partial charge < -0.3 is 10.1 Å². The van der Waals surface area contributed by atoms with Crippen molar-refractivity contribution in [1.29, 1.82) is 0 Å². The standard InChI is InChI=1S/C23H19F2N3O2/c1-15(30-18-7-3-2-4-8-18)22(29)26-17-13-11-16(12-14-17)21-27-19-9-5-6-10-20(19)28(21)23(24)25/h2-15,23H,1H3,(H,26,29). The van der Waals surface area contributed by atoms with E-state index in [0.717, 1.165) is 4.57 Å². The molecule has 0 radical (unpaired) electrons. The second-order valence-corrected chi connectivity index (χ2v) is 6.71. The topological polar surface area (TPSA) is 56.1 Å². The molecular weight excluding hydrogens is 388 g/mol. The Labute approximate surface area is 171 Å². The van der Waals surface area contributed by atoms with Crippen molar-refractivity contribution in [3.63, 3.8) is 0 Å². The number of benzene rings is 3. The third kappa shape index (κ3) is 4.00. The van der Waals surface area contributed by atoms with Gasteiger partial charge in [0.2, 0.25) is 0 Å². The van der Waals surface area contributed by atoms with Gasteiger partial charge in [0.1, 0.15) is 11.6 Å². The van der Waals surface area contributed by atoms with Crippen LogP contribution >= 0.6 is 0 Å². The van der Waals surface area contributed by atoms with E-state index in [9.17, 15) is 13.6 Å². The van der Waals surface area contributed by atoms with Crippen LogP contribution < -0.4 is 10.1 Å². The van der Waals surface area contributed by atoms with Gasteiger partial charge in [-0.15, -0.1) is 0 Å². The van der Waals surface area contributed by atoms with Crippen molar-refractivity contribution in [2.45, 2.75) is 19.6 Å². The lowest BCUT2D eigenvalue weighted by molar-refractivity contribution is -0.122. The maximum absolute atomic E-state index is 13.6. The number of halogens is 2. The molecule has 30 heavy (non-hydrogen) atoms. The molecule has 0 fully saturated rings. The van der Waals surface area contributed by atoms with Crippen LogP contribution in [0.5, 0.6) is 5.75 Å². The van der Waals surface area contributed by atoms with E-state index in [1.807, 2.05) is 18.2 Å². The highest BCUT2D eigenvalue weighted by atomic mass is 19.3. The lowest BCUT2D eigenvalue weighted by Gasteiger charge is -2.15. The molecule has 0 aliphatic heterocycles. The Hall–Kier alpha value is -3.74. The van der Waals surface area contributed by atoms with Crippen molar-refractivity contribution in [3.8, 4) is 17.1 Å². The summed E-state index contributed by atoms with van der Waals surface area (Å²) in [5.74, 6) is 0.456. The highest BCUT2D eigenvalue weighted by molar-refractivity contribution is 5.94. The van der Waals surface area contributed by atoms with E-state index in [1.54, 1.807) is 67.6 Å². The minimum atomic E-state index is -2.72. The van der Waals surface area contributed by atoms with Crippen LogP contribution in [0.15, 0.2) is 78.9 Å². The molecule has 0 aliphatic rings. The summed E-state index contributed by atoms with van der Waals surface area (Å²) in [5, 5.41) is 2.77. The highest BCUT2D eigenvalue weighted by Gasteiger charge is 2.19. The Balaban J connectivity index is 1.51. The van der Waals surface area contributed by atoms with Crippen LogP contribution in [0.25, 0.3) is 22.4 Å². The van der Waals surface area contributed by atoms with Crippen molar-refractivity contribution in [1.82, 2.24) is 9.55 Å². The molecular formula is C23H19F2N3O2. The first kappa shape index (κ1) is 19.6. The number of fused-ring (bicyclic) bond motifs is 1. The van der Waals surface area contributed by atoms with Gasteiger partial charge in [0.15, 0.2) is 6.10 Å². The molecule has 0 aliphatic carbocycles. The summed E-state index contributed by atoms with van der Waals surface area (Å²) in [6, 6.07) is 22.4. The van der Waals surface area contributed by atoms with Gasteiger partial charge in [-0.3, -0.25) is 9.36 Å². The lowest BCUT2D eigenvalue weighted by atomic mass is 10.2. The van der Waals surface area contributed by atoms with Crippen molar-refractivity contribution < 1.29 is 18.3 Å². The summed E-state index contributed by atoms with van der Waals surface area (Å²) in [6.45, 7) is -1.07. The van der Waals surface area contributed by atoms with Gasteiger partial charge >= 0.3 is 6.55 Å². The molecule has 0 spiro atoms. The predicted octanol–water partition coefficient (Wildman–Crippen LogP) is 5.50. The van der Waals surface area contributed by atoms with Gasteiger partial charge in [-0.2, -0.15) is 8.78 Å². The van der Waals surface area contributed by atoms with Crippen LogP contribution in [0.2, 0.25) is 0 Å². The first-order chi connectivity index (χ1) is 14.5. The summed E-state index contributed by atoms with van der Waals surface area (Å²) >= 11 is 0. The molecule has 152 valence electrons. The zero-order valence-corrected chi connectivity index (χ0v) is 16.1. The van der Waals surface area contributed by atoms with E-state index < -0.39 is 12.7 Å². The monoisotopic (exact) mass is 407 g/mol. The normalized spacial score (nSPS) is 12.1. The first-order valence-electron chi connectivity index (χ1n) is 9.41. The Bertz CT molecular complexity index is 1160. The number of anilines is 1. The fourth-order valence-corrected chi connectivity index (χ4v) is 3.15. The molecule has 0 saturated carbocycles. The maximum atomic E-state index is 13.6. The first-order valence-corrected chi connectivity index (χ1v) is 9.41. The van der Waals surface area contributed by atoms with Crippen LogP contribution in [0.1, 0.15) is 13.5 Å². The number of nitrogens with zero attached hydrogens (tertiary/aromatic N) is 2. The average Bonchev–Trinajstić information content (AvgIpc) is 3.15. The van der Waals surface area contributed by atoms with Gasteiger partial charge in [-0.1, -0.05) is 30.3 Å². The maximum Gasteiger partial charge on any atom is 0.320 e. The van der Waals surface area contributed by atoms with Crippen molar-refractivity contribution in [3.05, 3.63) is 78.9 Å². The van der Waals surface area contributed by atoms with Crippen LogP contribution in [0, 0.1) is 0 Å². The van der Waals surface area contributed by atoms with Crippen LogP contribution in [0.4, 0.5) is 14.5 Å². The van der Waals surface area contributed by atoms with E-state index in [4.69, 9.17) is 4.74 Å². The Morgan fingerprint density at radius 3 is 2.33 bits per heavy atom. The molecule has 1 atom stereocenters. The Morgan fingerprint density at radius 1 is 0.967 bits per heavy atom. The number of nitrogens with one attached hydrogen (secondary N) is 1. The number of aromatic nitrogens is 2. The van der Waals surface area contributed by atoms with Gasteiger partial charge in [0.05, 0.1) is 11.0 Å². The van der Waals surface area contributed by atoms with Crippen LogP contribution in [-0.2, 0) is 4.79 Å². The molecule has 7 heteroatoms.